The molecule has 0 saturated heterocycles. The molecule has 0 aliphatic heterocycles. The van der Waals surface area contributed by atoms with Gasteiger partial charge in [-0.25, -0.2) is 4.57 Å². The molecule has 0 radical (unpaired) electrons. The van der Waals surface area contributed by atoms with Gasteiger partial charge in [0.25, 0.3) is 0 Å². The molecule has 316 valence electrons. The predicted octanol–water partition coefficient (Wildman–Crippen LogP) is 9.32. The Morgan fingerprint density at radius 3 is 1.96 bits per heavy atom. The summed E-state index contributed by atoms with van der Waals surface area (Å²) in [5, 5.41) is 20.7. The summed E-state index contributed by atoms with van der Waals surface area (Å²) < 4.78 is 26.4. The highest BCUT2D eigenvalue weighted by atomic mass is 31.2. The molecule has 0 unspecified atom stereocenters. The number of aliphatic hydroxyl groups excluding tert-OH is 2. The van der Waals surface area contributed by atoms with Crippen LogP contribution in [0.4, 0.5) is 0 Å². The first-order valence-electron chi connectivity index (χ1n) is 21.0. The second-order valence-corrected chi connectivity index (χ2v) is 16.0. The van der Waals surface area contributed by atoms with Crippen LogP contribution in [-0.2, 0) is 32.9 Å². The van der Waals surface area contributed by atoms with Crippen LogP contribution in [0.5, 0.6) is 0 Å². The maximum atomic E-state index is 12.5. The number of ether oxygens (including phenoxy) is 2. The number of phosphoric ester groups is 1. The Morgan fingerprint density at radius 2 is 1.33 bits per heavy atom. The van der Waals surface area contributed by atoms with Crippen molar-refractivity contribution in [2.24, 2.45) is 11.8 Å². The van der Waals surface area contributed by atoms with Crippen LogP contribution in [0.1, 0.15) is 162 Å². The third kappa shape index (κ3) is 28.6. The number of hydrogen-bond donors (Lipinski definition) is 4. The van der Waals surface area contributed by atoms with Crippen molar-refractivity contribution < 1.29 is 52.9 Å². The van der Waals surface area contributed by atoms with E-state index in [2.05, 4.69) is 54.8 Å². The Labute approximate surface area is 331 Å². The van der Waals surface area contributed by atoms with Gasteiger partial charge in [-0.15, -0.1) is 0 Å². The van der Waals surface area contributed by atoms with Gasteiger partial charge >= 0.3 is 19.8 Å². The number of allylic oxidation sites excluding steroid dienone is 7. The van der Waals surface area contributed by atoms with Crippen molar-refractivity contribution in [1.82, 2.24) is 0 Å². The van der Waals surface area contributed by atoms with Gasteiger partial charge in [0.05, 0.1) is 18.8 Å². The Balaban J connectivity index is 2.28. The molecule has 0 aromatic heterocycles. The normalized spacial score (nSPS) is 19.0. The number of rotatable bonds is 34. The number of hydrogen-bond acceptors (Lipinski definition) is 9. The van der Waals surface area contributed by atoms with Crippen molar-refractivity contribution in [3.8, 4) is 0 Å². The lowest BCUT2D eigenvalue weighted by Crippen LogP contribution is -2.29. The molecule has 55 heavy (non-hydrogen) atoms. The molecule has 1 rings (SSSR count). The van der Waals surface area contributed by atoms with E-state index in [-0.39, 0.29) is 37.6 Å². The fraction of sp³-hybridized carbons (Fsp3) is 0.744. The number of aliphatic hydroxyl groups is 2. The van der Waals surface area contributed by atoms with E-state index in [1.165, 1.54) is 19.3 Å². The molecule has 1 aliphatic rings. The molecule has 0 aromatic rings. The lowest BCUT2D eigenvalue weighted by Gasteiger charge is -2.19. The van der Waals surface area contributed by atoms with E-state index < -0.39 is 50.6 Å². The summed E-state index contributed by atoms with van der Waals surface area (Å²) in [5.41, 5.74) is 0. The summed E-state index contributed by atoms with van der Waals surface area (Å²) in [6, 6.07) is 0. The highest BCUT2D eigenvalue weighted by molar-refractivity contribution is 7.46. The quantitative estimate of drug-likeness (QED) is 0.0211. The van der Waals surface area contributed by atoms with Crippen LogP contribution in [0.2, 0.25) is 0 Å². The van der Waals surface area contributed by atoms with Crippen LogP contribution in [-0.4, -0.2) is 69.2 Å². The fourth-order valence-electron chi connectivity index (χ4n) is 6.52. The van der Waals surface area contributed by atoms with Crippen molar-refractivity contribution in [3.05, 3.63) is 48.6 Å². The molecule has 0 heterocycles. The smallest absolute Gasteiger partial charge is 0.462 e. The summed E-state index contributed by atoms with van der Waals surface area (Å²) in [6.45, 7) is 3.33. The van der Waals surface area contributed by atoms with E-state index in [4.69, 9.17) is 19.3 Å². The first-order valence-corrected chi connectivity index (χ1v) is 22.6. The van der Waals surface area contributed by atoms with E-state index in [1.807, 2.05) is 0 Å². The third-order valence-corrected chi connectivity index (χ3v) is 10.2. The fourth-order valence-corrected chi connectivity index (χ4v) is 6.88. The van der Waals surface area contributed by atoms with Gasteiger partial charge in [-0.1, -0.05) is 127 Å². The average molecular weight is 797 g/mol. The Bertz CT molecular complexity index is 1190. The van der Waals surface area contributed by atoms with Crippen LogP contribution >= 0.6 is 7.82 Å². The number of phosphoric acid groups is 1. The number of Topliss-reactive ketones (excluding diaryl/α,β-unsaturated/α-hetero) is 1. The summed E-state index contributed by atoms with van der Waals surface area (Å²) in [7, 11) is -4.82. The van der Waals surface area contributed by atoms with E-state index in [0.29, 0.717) is 25.7 Å². The van der Waals surface area contributed by atoms with Gasteiger partial charge in [0, 0.05) is 25.2 Å². The van der Waals surface area contributed by atoms with Crippen LogP contribution in [0.25, 0.3) is 0 Å². The zero-order valence-electron chi connectivity index (χ0n) is 33.8. The van der Waals surface area contributed by atoms with Crippen LogP contribution in [0.15, 0.2) is 48.6 Å². The highest BCUT2D eigenvalue weighted by Crippen LogP contribution is 2.36. The topological polar surface area (TPSA) is 177 Å². The van der Waals surface area contributed by atoms with Gasteiger partial charge in [0.15, 0.2) is 6.10 Å². The van der Waals surface area contributed by atoms with E-state index in [0.717, 1.165) is 83.5 Å². The Hall–Kier alpha value is -2.40. The van der Waals surface area contributed by atoms with Gasteiger partial charge in [0.2, 0.25) is 0 Å². The van der Waals surface area contributed by atoms with E-state index in [9.17, 15) is 29.2 Å². The molecule has 12 heteroatoms. The minimum atomic E-state index is -4.82. The van der Waals surface area contributed by atoms with E-state index >= 15 is 0 Å². The van der Waals surface area contributed by atoms with Gasteiger partial charge in [0.1, 0.15) is 12.4 Å². The minimum Gasteiger partial charge on any atom is -0.462 e. The molecule has 0 bridgehead atoms. The number of carbonyl (C=O) groups is 3. The Kier molecular flexibility index (Phi) is 30.1. The van der Waals surface area contributed by atoms with Crippen LogP contribution in [0.3, 0.4) is 0 Å². The molecule has 5 atom stereocenters. The van der Waals surface area contributed by atoms with Crippen molar-refractivity contribution >= 4 is 25.5 Å². The van der Waals surface area contributed by atoms with Gasteiger partial charge < -0.3 is 29.5 Å². The Morgan fingerprint density at radius 1 is 0.764 bits per heavy atom. The highest BCUT2D eigenvalue weighted by Gasteiger charge is 2.39. The second-order valence-electron chi connectivity index (χ2n) is 14.7. The zero-order valence-corrected chi connectivity index (χ0v) is 34.7. The molecular weight excluding hydrogens is 723 g/mol. The molecule has 0 aromatic carbocycles. The predicted molar refractivity (Wildman–Crippen MR) is 217 cm³/mol. The third-order valence-electron chi connectivity index (χ3n) is 9.73. The monoisotopic (exact) mass is 796 g/mol. The van der Waals surface area contributed by atoms with Gasteiger partial charge in [-0.3, -0.25) is 18.9 Å². The van der Waals surface area contributed by atoms with Crippen LogP contribution < -0.4 is 0 Å². The molecule has 1 aliphatic carbocycles. The SMILES string of the molecule is CCCCC/C=C\C/C=C\C/C=C\CCCCCCC(=O)O[C@H](COC(=O)CCCCCC[C@H]1[C@@H](O)CC(=O)[C@@H]1/C=C/[C@@H](O)CCCCC)COP(=O)(O)O. The van der Waals surface area contributed by atoms with E-state index in [1.54, 1.807) is 12.2 Å². The summed E-state index contributed by atoms with van der Waals surface area (Å²) in [6.07, 6.45) is 33.1. The van der Waals surface area contributed by atoms with Crippen LogP contribution in [0, 0.1) is 11.8 Å². The lowest BCUT2D eigenvalue weighted by atomic mass is 9.88. The molecule has 0 spiro atoms. The summed E-state index contributed by atoms with van der Waals surface area (Å²) >= 11 is 0. The molecular formula is C43H73O11P. The van der Waals surface area contributed by atoms with Gasteiger partial charge in [-0.05, 0) is 70.1 Å². The second kappa shape index (κ2) is 32.7. The van der Waals surface area contributed by atoms with Crippen molar-refractivity contribution in [3.63, 3.8) is 0 Å². The average Bonchev–Trinajstić information content (AvgIpc) is 3.41. The number of unbranched alkanes of at least 4 members (excludes halogenated alkanes) is 12. The van der Waals surface area contributed by atoms with Gasteiger partial charge in [-0.2, -0.15) is 0 Å². The van der Waals surface area contributed by atoms with Crippen molar-refractivity contribution in [2.45, 2.75) is 180 Å². The maximum absolute atomic E-state index is 12.5. The minimum absolute atomic E-state index is 0.00213. The number of esters is 2. The molecule has 1 fully saturated rings. The first-order chi connectivity index (χ1) is 26.5. The largest absolute Gasteiger partial charge is 0.469 e. The molecule has 11 nitrogen and oxygen atoms in total. The zero-order chi connectivity index (χ0) is 40.6. The maximum Gasteiger partial charge on any atom is 0.469 e. The number of carbonyl (C=O) groups excluding carboxylic acids is 3. The van der Waals surface area contributed by atoms with Crippen molar-refractivity contribution in [1.29, 1.82) is 0 Å². The standard InChI is InChI=1S/C43H73O11P/c1-3-5-7-8-9-10-11-12-13-14-15-16-17-18-19-20-26-30-43(48)54-37(35-53-55(49,50)51)34-52-42(47)29-25-22-21-24-28-38-39(41(46)33-40(38)45)32-31-36(44)27-23-6-4-2/h9-10,12-13,15-16,31-32,36-40,44-45H,3-8,11,14,17-30,33-35H2,1-2H3,(H2,49,50,51)/b10-9-,13-12-,16-15-,32-31+/t36-,37+,38+,39+,40-/m0/s1. The molecule has 1 saturated carbocycles. The summed E-state index contributed by atoms with van der Waals surface area (Å²) in [4.78, 5) is 55.5. The van der Waals surface area contributed by atoms with Crippen molar-refractivity contribution in [2.75, 3.05) is 13.2 Å². The summed E-state index contributed by atoms with van der Waals surface area (Å²) in [5.74, 6) is -1.65. The molecule has 4 N–H and O–H groups in total. The number of ketones is 1. The molecule has 0 amide bonds. The first kappa shape index (κ1) is 50.6. The lowest BCUT2D eigenvalue weighted by molar-refractivity contribution is -0.161.